The van der Waals surface area contributed by atoms with Gasteiger partial charge < -0.3 is 4.57 Å². The number of aromatic nitrogens is 4. The minimum absolute atomic E-state index is 0.201. The molecule has 2 aliphatic rings. The van der Waals surface area contributed by atoms with Crippen LogP contribution in [0.4, 0.5) is 0 Å². The maximum atomic E-state index is 5.17. The van der Waals surface area contributed by atoms with Crippen LogP contribution in [0.25, 0.3) is 60.8 Å². The fourth-order valence-electron chi connectivity index (χ4n) is 7.45. The molecule has 0 saturated heterocycles. The van der Waals surface area contributed by atoms with Crippen LogP contribution in [0.1, 0.15) is 34.9 Å². The molecule has 5 aromatic carbocycles. The van der Waals surface area contributed by atoms with Gasteiger partial charge in [0.1, 0.15) is 0 Å². The number of fused-ring (bicyclic) bond motifs is 10. The van der Waals surface area contributed by atoms with Gasteiger partial charge >= 0.3 is 0 Å². The molecule has 42 heavy (non-hydrogen) atoms. The zero-order chi connectivity index (χ0) is 27.4. The van der Waals surface area contributed by atoms with Gasteiger partial charge in [0.2, 0.25) is 0 Å². The normalized spacial score (nSPS) is 15.4. The third-order valence-corrected chi connectivity index (χ3v) is 9.19. The summed E-state index contributed by atoms with van der Waals surface area (Å²) in [6, 6.07) is 43.4. The van der Waals surface area contributed by atoms with Crippen LogP contribution in [-0.2, 0) is 0 Å². The highest BCUT2D eigenvalue weighted by Crippen LogP contribution is 2.52. The first kappa shape index (κ1) is 22.2. The van der Waals surface area contributed by atoms with Gasteiger partial charge in [-0.15, -0.1) is 0 Å². The molecule has 0 spiro atoms. The molecule has 0 radical (unpaired) electrons. The van der Waals surface area contributed by atoms with Crippen molar-refractivity contribution < 1.29 is 0 Å². The third kappa shape index (κ3) is 2.81. The largest absolute Gasteiger partial charge is 0.309 e. The van der Waals surface area contributed by atoms with E-state index in [1.807, 2.05) is 12.1 Å². The van der Waals surface area contributed by atoms with Crippen molar-refractivity contribution in [2.75, 3.05) is 0 Å². The van der Waals surface area contributed by atoms with E-state index in [1.54, 1.807) is 0 Å². The quantitative estimate of drug-likeness (QED) is 0.221. The standard InChI is InChI=1S/C38H24N4/c1-2-10-24(11-3-1)41-32-16-8-4-12-26(32)29-22-23(18-21-34(29)41)25-19-20-28-36-38(40-31-15-7-6-14-30(31)39-36)42-33-17-9-5-13-27(33)35(25)37(28)42/h1-19,21-22,28H,20H2. The van der Waals surface area contributed by atoms with E-state index in [-0.39, 0.29) is 5.92 Å². The van der Waals surface area contributed by atoms with Crippen molar-refractivity contribution in [3.05, 3.63) is 150 Å². The average Bonchev–Trinajstić information content (AvgIpc) is 3.68. The van der Waals surface area contributed by atoms with Crippen LogP contribution < -0.4 is 0 Å². The van der Waals surface area contributed by atoms with Crippen molar-refractivity contribution in [1.82, 2.24) is 19.1 Å². The molecular weight excluding hydrogens is 512 g/mol. The molecule has 1 aliphatic heterocycles. The van der Waals surface area contributed by atoms with E-state index in [1.165, 1.54) is 60.8 Å². The Morgan fingerprint density at radius 2 is 1.24 bits per heavy atom. The van der Waals surface area contributed by atoms with Crippen molar-refractivity contribution >= 4 is 49.3 Å². The smallest absolute Gasteiger partial charge is 0.160 e. The van der Waals surface area contributed by atoms with Crippen LogP contribution in [0.2, 0.25) is 0 Å². The van der Waals surface area contributed by atoms with Gasteiger partial charge in [-0.25, -0.2) is 9.97 Å². The van der Waals surface area contributed by atoms with Gasteiger partial charge in [-0.1, -0.05) is 78.9 Å². The minimum atomic E-state index is 0.201. The predicted molar refractivity (Wildman–Crippen MR) is 171 cm³/mol. The topological polar surface area (TPSA) is 35.6 Å². The summed E-state index contributed by atoms with van der Waals surface area (Å²) < 4.78 is 4.76. The molecule has 0 amide bonds. The molecule has 1 unspecified atom stereocenters. The van der Waals surface area contributed by atoms with Gasteiger partial charge in [-0.05, 0) is 66.1 Å². The van der Waals surface area contributed by atoms with E-state index in [0.717, 1.165) is 29.0 Å². The van der Waals surface area contributed by atoms with E-state index in [4.69, 9.17) is 9.97 Å². The molecule has 1 atom stereocenters. The van der Waals surface area contributed by atoms with Gasteiger partial charge in [0.15, 0.2) is 5.82 Å². The number of para-hydroxylation sites is 5. The maximum absolute atomic E-state index is 5.17. The lowest BCUT2D eigenvalue weighted by Crippen LogP contribution is -2.07. The number of rotatable bonds is 2. The van der Waals surface area contributed by atoms with Gasteiger partial charge in [0, 0.05) is 39.0 Å². The van der Waals surface area contributed by atoms with Gasteiger partial charge in [-0.3, -0.25) is 4.57 Å². The second-order valence-electron chi connectivity index (χ2n) is 11.4. The Morgan fingerprint density at radius 3 is 2.07 bits per heavy atom. The lowest BCUT2D eigenvalue weighted by molar-refractivity contribution is 0.795. The van der Waals surface area contributed by atoms with E-state index in [0.29, 0.717) is 0 Å². The predicted octanol–water partition coefficient (Wildman–Crippen LogP) is 8.95. The van der Waals surface area contributed by atoms with E-state index < -0.39 is 0 Å². The minimum Gasteiger partial charge on any atom is -0.309 e. The maximum Gasteiger partial charge on any atom is 0.160 e. The first-order valence-corrected chi connectivity index (χ1v) is 14.5. The number of allylic oxidation sites excluding steroid dienone is 1. The molecule has 1 aliphatic carbocycles. The van der Waals surface area contributed by atoms with Gasteiger partial charge in [0.05, 0.1) is 33.3 Å². The Kier molecular flexibility index (Phi) is 4.26. The molecule has 3 aromatic heterocycles. The highest BCUT2D eigenvalue weighted by Gasteiger charge is 2.39. The van der Waals surface area contributed by atoms with Crippen LogP contribution in [0, 0.1) is 0 Å². The van der Waals surface area contributed by atoms with Gasteiger partial charge in [0.25, 0.3) is 0 Å². The molecule has 10 rings (SSSR count). The van der Waals surface area contributed by atoms with Crippen molar-refractivity contribution in [2.24, 2.45) is 0 Å². The Morgan fingerprint density at radius 1 is 0.571 bits per heavy atom. The van der Waals surface area contributed by atoms with Crippen molar-refractivity contribution in [1.29, 1.82) is 0 Å². The molecule has 0 bridgehead atoms. The Hall–Kier alpha value is -5.48. The van der Waals surface area contributed by atoms with Crippen LogP contribution in [0.15, 0.2) is 127 Å². The molecule has 0 fully saturated rings. The summed E-state index contributed by atoms with van der Waals surface area (Å²) in [4.78, 5) is 10.3. The van der Waals surface area contributed by atoms with Crippen LogP contribution in [-0.4, -0.2) is 19.1 Å². The van der Waals surface area contributed by atoms with Crippen molar-refractivity contribution in [3.63, 3.8) is 0 Å². The number of hydrogen-bond donors (Lipinski definition) is 0. The van der Waals surface area contributed by atoms with Gasteiger partial charge in [-0.2, -0.15) is 0 Å². The molecule has 4 heteroatoms. The zero-order valence-electron chi connectivity index (χ0n) is 22.7. The second kappa shape index (κ2) is 8.05. The van der Waals surface area contributed by atoms with E-state index >= 15 is 0 Å². The first-order chi connectivity index (χ1) is 20.8. The van der Waals surface area contributed by atoms with Crippen LogP contribution in [0.5, 0.6) is 0 Å². The first-order valence-electron chi connectivity index (χ1n) is 14.5. The summed E-state index contributed by atoms with van der Waals surface area (Å²) >= 11 is 0. The molecular formula is C38H24N4. The average molecular weight is 537 g/mol. The Labute approximate surface area is 241 Å². The molecule has 4 heterocycles. The Bertz CT molecular complexity index is 2440. The fourth-order valence-corrected chi connectivity index (χ4v) is 7.45. The number of nitrogens with zero attached hydrogens (tertiary/aromatic N) is 4. The molecule has 4 nitrogen and oxygen atoms in total. The monoisotopic (exact) mass is 536 g/mol. The highest BCUT2D eigenvalue weighted by atomic mass is 15.1. The van der Waals surface area contributed by atoms with Crippen molar-refractivity contribution in [3.8, 4) is 11.5 Å². The number of hydrogen-bond acceptors (Lipinski definition) is 2. The summed E-state index contributed by atoms with van der Waals surface area (Å²) in [5, 5.41) is 3.82. The second-order valence-corrected chi connectivity index (χ2v) is 11.4. The number of benzene rings is 5. The summed E-state index contributed by atoms with van der Waals surface area (Å²) in [6.45, 7) is 0. The van der Waals surface area contributed by atoms with Crippen LogP contribution in [0.3, 0.4) is 0 Å². The highest BCUT2D eigenvalue weighted by molar-refractivity contribution is 6.11. The molecule has 0 saturated carbocycles. The van der Waals surface area contributed by atoms with E-state index in [9.17, 15) is 0 Å². The lowest BCUT2D eigenvalue weighted by atomic mass is 9.83. The van der Waals surface area contributed by atoms with Crippen LogP contribution >= 0.6 is 0 Å². The lowest BCUT2D eigenvalue weighted by Gasteiger charge is -2.20. The SMILES string of the molecule is C1=C(c2ccc3c(c2)c2ccccc2n3-c2ccccc2)c2c3n(c4ccccc24)-c2nc4ccccc4nc2C3C1. The van der Waals surface area contributed by atoms with E-state index in [2.05, 4.69) is 124 Å². The Balaban J connectivity index is 1.23. The summed E-state index contributed by atoms with van der Waals surface area (Å²) in [5.41, 5.74) is 13.0. The molecule has 0 N–H and O–H groups in total. The fraction of sp³-hybridized carbons (Fsp3) is 0.0526. The molecule has 8 aromatic rings. The summed E-state index contributed by atoms with van der Waals surface area (Å²) in [6.07, 6.45) is 3.34. The van der Waals surface area contributed by atoms with Crippen molar-refractivity contribution in [2.45, 2.75) is 12.3 Å². The zero-order valence-corrected chi connectivity index (χ0v) is 22.7. The summed E-state index contributed by atoms with van der Waals surface area (Å²) in [7, 11) is 0. The third-order valence-electron chi connectivity index (χ3n) is 9.19. The molecule has 196 valence electrons. The summed E-state index contributed by atoms with van der Waals surface area (Å²) in [5.74, 6) is 1.18.